The molecule has 35 heavy (non-hydrogen) atoms. The van der Waals surface area contributed by atoms with Crippen LogP contribution < -0.4 is 10.1 Å². The fourth-order valence-electron chi connectivity index (χ4n) is 3.71. The number of methoxy groups -OCH3 is 1. The number of rotatable bonds is 10. The number of ether oxygens (including phenoxy) is 2. The van der Waals surface area contributed by atoms with Gasteiger partial charge in [0.1, 0.15) is 22.1 Å². The third kappa shape index (κ3) is 6.48. The zero-order chi connectivity index (χ0) is 25.6. The van der Waals surface area contributed by atoms with Gasteiger partial charge in [-0.05, 0) is 60.6 Å². The molecule has 0 saturated heterocycles. The average molecular weight is 498 g/mol. The Morgan fingerprint density at radius 2 is 1.71 bits per heavy atom. The van der Waals surface area contributed by atoms with Crippen LogP contribution in [0, 0.1) is 12.7 Å². The molecule has 0 unspecified atom stereocenters. The first-order valence-electron chi connectivity index (χ1n) is 11.7. The highest BCUT2D eigenvalue weighted by molar-refractivity contribution is 7.17. The molecule has 0 radical (unpaired) electrons. The molecule has 0 fully saturated rings. The summed E-state index contributed by atoms with van der Waals surface area (Å²) in [7, 11) is 1.29. The van der Waals surface area contributed by atoms with Crippen molar-refractivity contribution in [3.8, 4) is 16.9 Å². The normalized spacial score (nSPS) is 11.3. The molecule has 2 aromatic carbocycles. The number of benzene rings is 2. The van der Waals surface area contributed by atoms with Gasteiger partial charge in [-0.2, -0.15) is 0 Å². The number of aryl methyl sites for hydroxylation is 1. The van der Waals surface area contributed by atoms with Crippen LogP contribution in [0.25, 0.3) is 11.1 Å². The van der Waals surface area contributed by atoms with Crippen molar-refractivity contribution in [3.63, 3.8) is 0 Å². The second-order valence-electron chi connectivity index (χ2n) is 9.00. The Balaban J connectivity index is 1.61. The van der Waals surface area contributed by atoms with E-state index in [1.165, 1.54) is 36.1 Å². The molecular formula is C28H32FNO4S. The maximum absolute atomic E-state index is 13.4. The van der Waals surface area contributed by atoms with Crippen LogP contribution in [0.5, 0.6) is 5.75 Å². The molecule has 0 saturated carbocycles. The standard InChI is InChI=1S/C28H32FNO4S/c1-6-28(3,4)20-11-15-22(16-12-20)34-17-7-8-23(31)30-26-25(27(32)33-5)24(18(2)35-26)19-9-13-21(29)14-10-19/h9-16H,6-8,17H2,1-5H3,(H,30,31). The molecule has 3 aromatic rings. The Kier molecular flexibility index (Phi) is 8.67. The van der Waals surface area contributed by atoms with Crippen molar-refractivity contribution < 1.29 is 23.5 Å². The number of carbonyl (C=O) groups excluding carboxylic acids is 2. The molecule has 0 atom stereocenters. The molecule has 0 spiro atoms. The first-order valence-corrected chi connectivity index (χ1v) is 12.5. The Morgan fingerprint density at radius 3 is 2.31 bits per heavy atom. The summed E-state index contributed by atoms with van der Waals surface area (Å²) in [6.07, 6.45) is 1.82. The topological polar surface area (TPSA) is 64.6 Å². The van der Waals surface area contributed by atoms with Crippen molar-refractivity contribution in [2.45, 2.75) is 52.4 Å². The lowest BCUT2D eigenvalue weighted by atomic mass is 9.82. The van der Waals surface area contributed by atoms with E-state index < -0.39 is 5.97 Å². The molecule has 7 heteroatoms. The summed E-state index contributed by atoms with van der Waals surface area (Å²) in [5.41, 5.74) is 2.98. The van der Waals surface area contributed by atoms with Gasteiger partial charge in [0.25, 0.3) is 0 Å². The minimum Gasteiger partial charge on any atom is -0.494 e. The van der Waals surface area contributed by atoms with Crippen LogP contribution in [0.2, 0.25) is 0 Å². The molecule has 5 nitrogen and oxygen atoms in total. The Morgan fingerprint density at radius 1 is 1.06 bits per heavy atom. The highest BCUT2D eigenvalue weighted by Gasteiger charge is 2.25. The summed E-state index contributed by atoms with van der Waals surface area (Å²) >= 11 is 1.30. The lowest BCUT2D eigenvalue weighted by Crippen LogP contribution is -2.15. The van der Waals surface area contributed by atoms with Crippen LogP contribution in [0.3, 0.4) is 0 Å². The number of amides is 1. The van der Waals surface area contributed by atoms with E-state index >= 15 is 0 Å². The van der Waals surface area contributed by atoms with Gasteiger partial charge in [-0.3, -0.25) is 4.79 Å². The van der Waals surface area contributed by atoms with E-state index in [9.17, 15) is 14.0 Å². The Hall–Kier alpha value is -3.19. The monoisotopic (exact) mass is 497 g/mol. The number of nitrogens with one attached hydrogen (secondary N) is 1. The maximum Gasteiger partial charge on any atom is 0.341 e. The van der Waals surface area contributed by atoms with E-state index in [1.807, 2.05) is 19.1 Å². The first kappa shape index (κ1) is 26.4. The number of esters is 1. The van der Waals surface area contributed by atoms with Crippen LogP contribution >= 0.6 is 11.3 Å². The summed E-state index contributed by atoms with van der Waals surface area (Å²) in [5.74, 6) is -0.364. The molecule has 186 valence electrons. The molecule has 0 bridgehead atoms. The highest BCUT2D eigenvalue weighted by Crippen LogP contribution is 2.40. The number of halogens is 1. The van der Waals surface area contributed by atoms with E-state index in [-0.39, 0.29) is 29.1 Å². The van der Waals surface area contributed by atoms with E-state index in [0.29, 0.717) is 29.2 Å². The van der Waals surface area contributed by atoms with Crippen LogP contribution in [0.4, 0.5) is 9.39 Å². The van der Waals surface area contributed by atoms with Gasteiger partial charge < -0.3 is 14.8 Å². The highest BCUT2D eigenvalue weighted by atomic mass is 32.1. The summed E-state index contributed by atoms with van der Waals surface area (Å²) in [6.45, 7) is 8.85. The zero-order valence-corrected chi connectivity index (χ0v) is 21.7. The summed E-state index contributed by atoms with van der Waals surface area (Å²) < 4.78 is 24.1. The van der Waals surface area contributed by atoms with Crippen molar-refractivity contribution in [1.82, 2.24) is 0 Å². The number of hydrogen-bond acceptors (Lipinski definition) is 5. The smallest absolute Gasteiger partial charge is 0.341 e. The number of thiophene rings is 1. The lowest BCUT2D eigenvalue weighted by Gasteiger charge is -2.23. The van der Waals surface area contributed by atoms with Crippen LogP contribution in [-0.2, 0) is 14.9 Å². The fourth-order valence-corrected chi connectivity index (χ4v) is 4.79. The third-order valence-electron chi connectivity index (χ3n) is 6.20. The van der Waals surface area contributed by atoms with Gasteiger partial charge in [-0.15, -0.1) is 11.3 Å². The van der Waals surface area contributed by atoms with Gasteiger partial charge in [0.15, 0.2) is 0 Å². The van der Waals surface area contributed by atoms with Crippen molar-refractivity contribution in [2.75, 3.05) is 19.0 Å². The zero-order valence-electron chi connectivity index (χ0n) is 20.9. The third-order valence-corrected chi connectivity index (χ3v) is 7.22. The molecular weight excluding hydrogens is 465 g/mol. The van der Waals surface area contributed by atoms with Crippen molar-refractivity contribution >= 4 is 28.2 Å². The molecule has 0 aliphatic heterocycles. The van der Waals surface area contributed by atoms with E-state index in [2.05, 4.69) is 38.2 Å². The predicted molar refractivity (Wildman–Crippen MR) is 139 cm³/mol. The molecule has 0 aliphatic rings. The van der Waals surface area contributed by atoms with E-state index in [4.69, 9.17) is 9.47 Å². The second-order valence-corrected chi connectivity index (χ2v) is 10.2. The fraction of sp³-hybridized carbons (Fsp3) is 0.357. The molecule has 1 amide bonds. The molecule has 1 heterocycles. The van der Waals surface area contributed by atoms with Gasteiger partial charge in [0.05, 0.1) is 13.7 Å². The minimum atomic E-state index is -0.554. The average Bonchev–Trinajstić information content (AvgIpc) is 3.17. The van der Waals surface area contributed by atoms with Crippen LogP contribution in [-0.4, -0.2) is 25.6 Å². The van der Waals surface area contributed by atoms with Crippen molar-refractivity contribution in [1.29, 1.82) is 0 Å². The number of hydrogen-bond donors (Lipinski definition) is 1. The van der Waals surface area contributed by atoms with Gasteiger partial charge in [0, 0.05) is 16.9 Å². The molecule has 1 aromatic heterocycles. The van der Waals surface area contributed by atoms with Gasteiger partial charge in [0.2, 0.25) is 5.91 Å². The Bertz CT molecular complexity index is 1170. The van der Waals surface area contributed by atoms with Crippen molar-refractivity contribution in [2.24, 2.45) is 0 Å². The summed E-state index contributed by atoms with van der Waals surface area (Å²) in [6, 6.07) is 14.0. The number of carbonyl (C=O) groups is 2. The maximum atomic E-state index is 13.4. The van der Waals surface area contributed by atoms with Crippen LogP contribution in [0.15, 0.2) is 48.5 Å². The van der Waals surface area contributed by atoms with E-state index in [1.54, 1.807) is 12.1 Å². The van der Waals surface area contributed by atoms with Gasteiger partial charge in [-0.1, -0.05) is 45.0 Å². The summed E-state index contributed by atoms with van der Waals surface area (Å²) in [4.78, 5) is 26.0. The molecule has 1 N–H and O–H groups in total. The van der Waals surface area contributed by atoms with Gasteiger partial charge >= 0.3 is 5.97 Å². The number of anilines is 1. The minimum absolute atomic E-state index is 0.121. The predicted octanol–water partition coefficient (Wildman–Crippen LogP) is 7.13. The summed E-state index contributed by atoms with van der Waals surface area (Å²) in [5, 5.41) is 3.27. The molecule has 3 rings (SSSR count). The lowest BCUT2D eigenvalue weighted by molar-refractivity contribution is -0.116. The van der Waals surface area contributed by atoms with Crippen LogP contribution in [0.1, 0.15) is 60.8 Å². The molecule has 0 aliphatic carbocycles. The van der Waals surface area contributed by atoms with Gasteiger partial charge in [-0.25, -0.2) is 9.18 Å². The Labute approximate surface area is 210 Å². The first-order chi connectivity index (χ1) is 16.7. The van der Waals surface area contributed by atoms with Crippen molar-refractivity contribution in [3.05, 3.63) is 70.4 Å². The largest absolute Gasteiger partial charge is 0.494 e. The SMILES string of the molecule is CCC(C)(C)c1ccc(OCCCC(=O)Nc2sc(C)c(-c3ccc(F)cc3)c2C(=O)OC)cc1. The quantitative estimate of drug-likeness (QED) is 0.239. The second kappa shape index (κ2) is 11.5. The van der Waals surface area contributed by atoms with E-state index in [0.717, 1.165) is 17.0 Å².